The number of carbonyl (C=O) groups is 1. The molecule has 1 aromatic heterocycles. The van der Waals surface area contributed by atoms with Gasteiger partial charge in [0.15, 0.2) is 11.5 Å². The van der Waals surface area contributed by atoms with Gasteiger partial charge in [0.2, 0.25) is 0 Å². The maximum absolute atomic E-state index is 11.1. The first kappa shape index (κ1) is 19.2. The highest BCUT2D eigenvalue weighted by molar-refractivity contribution is 7.19. The van der Waals surface area contributed by atoms with Gasteiger partial charge in [0.25, 0.3) is 0 Å². The first-order valence-electron chi connectivity index (χ1n) is 8.41. The van der Waals surface area contributed by atoms with Gasteiger partial charge in [-0.05, 0) is 54.8 Å². The summed E-state index contributed by atoms with van der Waals surface area (Å²) in [5, 5.41) is 20.0. The Kier molecular flexibility index (Phi) is 5.98. The molecule has 0 bridgehead atoms. The van der Waals surface area contributed by atoms with E-state index < -0.39 is 5.97 Å². The number of carboxylic acid groups (broad SMARTS) is 1. The standard InChI is InChI=1S/C20H18ClNO4S/c1-2-26-16-11-12(10-14(21)19(16)25)9-13(7-8-18(23)24)20-22-15-5-3-4-6-17(15)27-20/h3-6,9-11,25H,2,7-8H2,1H3,(H,23,24)/b13-9-. The Bertz CT molecular complexity index is 979. The number of halogens is 1. The maximum atomic E-state index is 11.1. The molecule has 7 heteroatoms. The summed E-state index contributed by atoms with van der Waals surface area (Å²) >= 11 is 7.62. The molecule has 3 rings (SSSR count). The van der Waals surface area contributed by atoms with E-state index in [4.69, 9.17) is 21.4 Å². The summed E-state index contributed by atoms with van der Waals surface area (Å²) in [7, 11) is 0. The Morgan fingerprint density at radius 1 is 1.30 bits per heavy atom. The zero-order chi connectivity index (χ0) is 19.4. The molecular formula is C20H18ClNO4S. The first-order valence-corrected chi connectivity index (χ1v) is 9.61. The van der Waals surface area contributed by atoms with Crippen molar-refractivity contribution in [1.82, 2.24) is 4.98 Å². The summed E-state index contributed by atoms with van der Waals surface area (Å²) in [6, 6.07) is 11.1. The van der Waals surface area contributed by atoms with Crippen LogP contribution in [0.25, 0.3) is 21.9 Å². The lowest BCUT2D eigenvalue weighted by atomic mass is 10.1. The summed E-state index contributed by atoms with van der Waals surface area (Å²) < 4.78 is 6.46. The molecular weight excluding hydrogens is 386 g/mol. The van der Waals surface area contributed by atoms with Crippen LogP contribution in [-0.4, -0.2) is 27.8 Å². The van der Waals surface area contributed by atoms with Crippen molar-refractivity contribution in [1.29, 1.82) is 0 Å². The smallest absolute Gasteiger partial charge is 0.303 e. The Hall–Kier alpha value is -2.57. The summed E-state index contributed by atoms with van der Waals surface area (Å²) in [4.78, 5) is 15.7. The van der Waals surface area contributed by atoms with E-state index in [1.165, 1.54) is 11.3 Å². The Labute approximate surface area is 165 Å². The summed E-state index contributed by atoms with van der Waals surface area (Å²) in [5.41, 5.74) is 2.38. The van der Waals surface area contributed by atoms with Crippen LogP contribution >= 0.6 is 22.9 Å². The second-order valence-corrected chi connectivity index (χ2v) is 7.27. The van der Waals surface area contributed by atoms with Crippen LogP contribution in [0, 0.1) is 0 Å². The molecule has 2 N–H and O–H groups in total. The Morgan fingerprint density at radius 2 is 2.07 bits per heavy atom. The molecule has 0 spiro atoms. The predicted molar refractivity (Wildman–Crippen MR) is 109 cm³/mol. The lowest BCUT2D eigenvalue weighted by Crippen LogP contribution is -1.96. The number of aromatic hydroxyl groups is 1. The second-order valence-electron chi connectivity index (χ2n) is 5.83. The number of benzene rings is 2. The van der Waals surface area contributed by atoms with E-state index in [9.17, 15) is 9.90 Å². The zero-order valence-electron chi connectivity index (χ0n) is 14.6. The number of hydrogen-bond donors (Lipinski definition) is 2. The summed E-state index contributed by atoms with van der Waals surface area (Å²) in [5.74, 6) is -0.693. The van der Waals surface area contributed by atoms with Gasteiger partial charge in [0, 0.05) is 6.42 Å². The van der Waals surface area contributed by atoms with E-state index in [1.807, 2.05) is 37.3 Å². The van der Waals surface area contributed by atoms with Gasteiger partial charge in [-0.25, -0.2) is 4.98 Å². The minimum atomic E-state index is -0.874. The number of fused-ring (bicyclic) bond motifs is 1. The van der Waals surface area contributed by atoms with Crippen LogP contribution in [-0.2, 0) is 4.79 Å². The molecule has 5 nitrogen and oxygen atoms in total. The van der Waals surface area contributed by atoms with Crippen LogP contribution in [0.3, 0.4) is 0 Å². The Morgan fingerprint density at radius 3 is 2.78 bits per heavy atom. The van der Waals surface area contributed by atoms with Gasteiger partial charge in [0.1, 0.15) is 5.01 Å². The molecule has 0 atom stereocenters. The van der Waals surface area contributed by atoms with Crippen LogP contribution in [0.5, 0.6) is 11.5 Å². The Balaban J connectivity index is 2.05. The largest absolute Gasteiger partial charge is 0.503 e. The van der Waals surface area contributed by atoms with Crippen molar-refractivity contribution in [2.45, 2.75) is 19.8 Å². The number of carboxylic acids is 1. The molecule has 3 aromatic rings. The number of allylic oxidation sites excluding steroid dienone is 1. The minimum absolute atomic E-state index is 0.00804. The van der Waals surface area contributed by atoms with Gasteiger partial charge in [-0.15, -0.1) is 11.3 Å². The highest BCUT2D eigenvalue weighted by Crippen LogP contribution is 2.37. The fourth-order valence-electron chi connectivity index (χ4n) is 2.64. The SMILES string of the molecule is CCOc1cc(/C=C(/CCC(=O)O)c2nc3ccccc3s2)cc(Cl)c1O. The number of aliphatic carboxylic acids is 1. The van der Waals surface area contributed by atoms with Gasteiger partial charge in [-0.3, -0.25) is 4.79 Å². The van der Waals surface area contributed by atoms with Crippen molar-refractivity contribution in [3.05, 3.63) is 52.0 Å². The molecule has 0 aliphatic heterocycles. The van der Waals surface area contributed by atoms with Crippen LogP contribution in [0.15, 0.2) is 36.4 Å². The molecule has 1 heterocycles. The van der Waals surface area contributed by atoms with Crippen molar-refractivity contribution >= 4 is 50.8 Å². The second kappa shape index (κ2) is 8.41. The number of hydrogen-bond acceptors (Lipinski definition) is 5. The highest BCUT2D eigenvalue weighted by atomic mass is 35.5. The molecule has 0 radical (unpaired) electrons. The molecule has 0 amide bonds. The third-order valence-electron chi connectivity index (χ3n) is 3.87. The van der Waals surface area contributed by atoms with Crippen LogP contribution < -0.4 is 4.74 Å². The molecule has 0 aliphatic carbocycles. The maximum Gasteiger partial charge on any atom is 0.303 e. The van der Waals surface area contributed by atoms with Crippen molar-refractivity contribution in [2.75, 3.05) is 6.61 Å². The number of phenols is 1. The topological polar surface area (TPSA) is 79.7 Å². The van der Waals surface area contributed by atoms with Crippen LogP contribution in [0.2, 0.25) is 5.02 Å². The fourth-order valence-corrected chi connectivity index (χ4v) is 3.86. The predicted octanol–water partition coefficient (Wildman–Crippen LogP) is 5.46. The average Bonchev–Trinajstić information content (AvgIpc) is 3.06. The molecule has 0 fully saturated rings. The van der Waals surface area contributed by atoms with Crippen molar-refractivity contribution in [3.8, 4) is 11.5 Å². The normalized spacial score (nSPS) is 11.7. The number of nitrogens with zero attached hydrogens (tertiary/aromatic N) is 1. The van der Waals surface area contributed by atoms with Gasteiger partial charge in [-0.1, -0.05) is 23.7 Å². The van der Waals surface area contributed by atoms with E-state index in [0.717, 1.165) is 20.8 Å². The van der Waals surface area contributed by atoms with Gasteiger partial charge in [0.05, 0.1) is 21.8 Å². The lowest BCUT2D eigenvalue weighted by Gasteiger charge is -2.09. The van der Waals surface area contributed by atoms with Gasteiger partial charge >= 0.3 is 5.97 Å². The van der Waals surface area contributed by atoms with Gasteiger partial charge < -0.3 is 14.9 Å². The van der Waals surface area contributed by atoms with E-state index >= 15 is 0 Å². The van der Waals surface area contributed by atoms with Crippen LogP contribution in [0.1, 0.15) is 30.3 Å². The minimum Gasteiger partial charge on any atom is -0.503 e. The van der Waals surface area contributed by atoms with E-state index in [2.05, 4.69) is 4.98 Å². The van der Waals surface area contributed by atoms with Crippen LogP contribution in [0.4, 0.5) is 0 Å². The average molecular weight is 404 g/mol. The number of ether oxygens (including phenoxy) is 1. The van der Waals surface area contributed by atoms with Gasteiger partial charge in [-0.2, -0.15) is 0 Å². The fraction of sp³-hybridized carbons (Fsp3) is 0.200. The number of phenolic OH excluding ortho intramolecular Hbond substituents is 1. The first-order chi connectivity index (χ1) is 13.0. The number of aromatic nitrogens is 1. The molecule has 0 aliphatic rings. The zero-order valence-corrected chi connectivity index (χ0v) is 16.2. The molecule has 0 saturated carbocycles. The van der Waals surface area contributed by atoms with Crippen molar-refractivity contribution in [3.63, 3.8) is 0 Å². The van der Waals surface area contributed by atoms with E-state index in [-0.39, 0.29) is 22.9 Å². The third kappa shape index (κ3) is 4.59. The number of rotatable bonds is 7. The van der Waals surface area contributed by atoms with Crippen molar-refractivity contribution in [2.24, 2.45) is 0 Å². The monoisotopic (exact) mass is 403 g/mol. The summed E-state index contributed by atoms with van der Waals surface area (Å²) in [6.45, 7) is 2.20. The third-order valence-corrected chi connectivity index (χ3v) is 5.27. The molecule has 27 heavy (non-hydrogen) atoms. The summed E-state index contributed by atoms with van der Waals surface area (Å²) in [6.07, 6.45) is 2.16. The molecule has 0 saturated heterocycles. The number of para-hydroxylation sites is 1. The molecule has 0 unspecified atom stereocenters. The molecule has 140 valence electrons. The number of thiazole rings is 1. The lowest BCUT2D eigenvalue weighted by molar-refractivity contribution is -0.136. The van der Waals surface area contributed by atoms with Crippen molar-refractivity contribution < 1.29 is 19.7 Å². The van der Waals surface area contributed by atoms with E-state index in [0.29, 0.717) is 18.6 Å². The quantitative estimate of drug-likeness (QED) is 0.547. The molecule has 2 aromatic carbocycles. The highest BCUT2D eigenvalue weighted by Gasteiger charge is 2.13. The van der Waals surface area contributed by atoms with E-state index in [1.54, 1.807) is 12.1 Å².